The van der Waals surface area contributed by atoms with Gasteiger partial charge >= 0.3 is 0 Å². The van der Waals surface area contributed by atoms with Gasteiger partial charge in [-0.1, -0.05) is 12.2 Å². The average Bonchev–Trinajstić information content (AvgIpc) is 1.96. The first-order chi connectivity index (χ1) is 5.19. The predicted octanol–water partition coefficient (Wildman–Crippen LogP) is 1.86. The van der Waals surface area contributed by atoms with Gasteiger partial charge in [0.2, 0.25) is 0 Å². The minimum atomic E-state index is -0.122. The highest BCUT2D eigenvalue weighted by molar-refractivity contribution is 6.16. The Kier molecular flexibility index (Phi) is 2.22. The lowest BCUT2D eigenvalue weighted by Gasteiger charge is -2.27. The highest BCUT2D eigenvalue weighted by Crippen LogP contribution is 2.21. The zero-order valence-corrected chi connectivity index (χ0v) is 7.28. The van der Waals surface area contributed by atoms with Crippen molar-refractivity contribution in [1.29, 1.82) is 0 Å². The Bertz CT molecular complexity index is 216. The van der Waals surface area contributed by atoms with Gasteiger partial charge in [-0.25, -0.2) is 0 Å². The molecule has 0 aromatic carbocycles. The van der Waals surface area contributed by atoms with E-state index in [1.807, 2.05) is 13.0 Å². The van der Waals surface area contributed by atoms with E-state index in [0.29, 0.717) is 0 Å². The summed E-state index contributed by atoms with van der Waals surface area (Å²) in [7, 11) is 0. The molecule has 1 aliphatic rings. The zero-order chi connectivity index (χ0) is 8.32. The van der Waals surface area contributed by atoms with E-state index in [-0.39, 0.29) is 11.6 Å². The second-order valence-corrected chi connectivity index (χ2v) is 2.98. The highest BCUT2D eigenvalue weighted by Gasteiger charge is 2.27. The second-order valence-electron chi connectivity index (χ2n) is 2.98. The summed E-state index contributed by atoms with van der Waals surface area (Å²) >= 11 is 0. The molecule has 0 spiro atoms. The van der Waals surface area contributed by atoms with Gasteiger partial charge in [-0.05, 0) is 20.8 Å². The summed E-state index contributed by atoms with van der Waals surface area (Å²) in [6.07, 6.45) is 7.63. The molecular formula is C9H14N2. The Labute approximate surface area is 67.8 Å². The summed E-state index contributed by atoms with van der Waals surface area (Å²) in [5, 5.41) is 0. The molecule has 0 aliphatic carbocycles. The van der Waals surface area contributed by atoms with Crippen molar-refractivity contribution >= 4 is 12.4 Å². The third-order valence-corrected chi connectivity index (χ3v) is 2.08. The number of hydrogen-bond acceptors (Lipinski definition) is 2. The van der Waals surface area contributed by atoms with Gasteiger partial charge in [-0.3, -0.25) is 9.98 Å². The summed E-state index contributed by atoms with van der Waals surface area (Å²) in [5.74, 6) is 0. The molecular weight excluding hydrogens is 136 g/mol. The van der Waals surface area contributed by atoms with Crippen LogP contribution in [-0.2, 0) is 0 Å². The third kappa shape index (κ3) is 1.56. The molecule has 2 heteroatoms. The van der Waals surface area contributed by atoms with Crippen molar-refractivity contribution in [3.63, 3.8) is 0 Å². The van der Waals surface area contributed by atoms with Crippen LogP contribution in [0.15, 0.2) is 22.1 Å². The summed E-state index contributed by atoms with van der Waals surface area (Å²) < 4.78 is 0. The lowest BCUT2D eigenvalue weighted by molar-refractivity contribution is 0.488. The van der Waals surface area contributed by atoms with E-state index in [1.165, 1.54) is 0 Å². The molecule has 0 saturated carbocycles. The number of aliphatic imine (C=N–C) groups is 2. The Hall–Kier alpha value is -0.920. The lowest BCUT2D eigenvalue weighted by Crippen LogP contribution is -2.34. The summed E-state index contributed by atoms with van der Waals surface area (Å²) in [5.41, 5.74) is -0.122. The highest BCUT2D eigenvalue weighted by atomic mass is 15.0. The van der Waals surface area contributed by atoms with Crippen LogP contribution < -0.4 is 0 Å². The number of rotatable bonds is 1. The van der Waals surface area contributed by atoms with E-state index in [0.717, 1.165) is 0 Å². The lowest BCUT2D eigenvalue weighted by atomic mass is 9.93. The van der Waals surface area contributed by atoms with Crippen LogP contribution in [0.1, 0.15) is 20.8 Å². The smallest absolute Gasteiger partial charge is 0.0979 e. The molecule has 60 valence electrons. The average molecular weight is 150 g/mol. The van der Waals surface area contributed by atoms with Crippen LogP contribution in [0.5, 0.6) is 0 Å². The van der Waals surface area contributed by atoms with Crippen molar-refractivity contribution in [3.8, 4) is 0 Å². The van der Waals surface area contributed by atoms with Crippen LogP contribution in [0.3, 0.4) is 0 Å². The molecule has 1 heterocycles. The van der Waals surface area contributed by atoms with Gasteiger partial charge in [0.05, 0.1) is 11.6 Å². The molecule has 2 nitrogen and oxygen atoms in total. The fraction of sp³-hybridized carbons (Fsp3) is 0.556. The van der Waals surface area contributed by atoms with Crippen LogP contribution in [0.2, 0.25) is 0 Å². The van der Waals surface area contributed by atoms with Crippen molar-refractivity contribution in [1.82, 2.24) is 0 Å². The normalized spacial score (nSPS) is 36.8. The Morgan fingerprint density at radius 2 is 2.18 bits per heavy atom. The SMILES string of the molecule is CC=CC1(C)N=CC=NC1C. The van der Waals surface area contributed by atoms with Crippen LogP contribution in [0.25, 0.3) is 0 Å². The number of hydrogen-bond donors (Lipinski definition) is 0. The Balaban J connectivity index is 2.85. The second kappa shape index (κ2) is 2.99. The minimum Gasteiger partial charge on any atom is -0.286 e. The van der Waals surface area contributed by atoms with Gasteiger partial charge in [-0.15, -0.1) is 0 Å². The van der Waals surface area contributed by atoms with E-state index >= 15 is 0 Å². The molecule has 0 radical (unpaired) electrons. The van der Waals surface area contributed by atoms with Gasteiger partial charge < -0.3 is 0 Å². The molecule has 1 rings (SSSR count). The molecule has 0 fully saturated rings. The fourth-order valence-electron chi connectivity index (χ4n) is 1.14. The van der Waals surface area contributed by atoms with E-state index in [2.05, 4.69) is 29.9 Å². The topological polar surface area (TPSA) is 24.7 Å². The van der Waals surface area contributed by atoms with Crippen LogP contribution in [0, 0.1) is 0 Å². The van der Waals surface area contributed by atoms with Crippen molar-refractivity contribution in [2.75, 3.05) is 0 Å². The Morgan fingerprint density at radius 3 is 2.73 bits per heavy atom. The van der Waals surface area contributed by atoms with E-state index in [4.69, 9.17) is 0 Å². The molecule has 0 aromatic rings. The maximum Gasteiger partial charge on any atom is 0.0979 e. The first kappa shape index (κ1) is 8.18. The van der Waals surface area contributed by atoms with Crippen LogP contribution >= 0.6 is 0 Å². The van der Waals surface area contributed by atoms with Crippen molar-refractivity contribution in [2.45, 2.75) is 32.4 Å². The Morgan fingerprint density at radius 1 is 1.45 bits per heavy atom. The summed E-state index contributed by atoms with van der Waals surface area (Å²) in [4.78, 5) is 8.65. The molecule has 0 bridgehead atoms. The molecule has 11 heavy (non-hydrogen) atoms. The molecule has 0 N–H and O–H groups in total. The number of allylic oxidation sites excluding steroid dienone is 1. The quantitative estimate of drug-likeness (QED) is 0.510. The zero-order valence-electron chi connectivity index (χ0n) is 7.28. The molecule has 2 unspecified atom stereocenters. The predicted molar refractivity (Wildman–Crippen MR) is 49.7 cm³/mol. The van der Waals surface area contributed by atoms with Gasteiger partial charge in [-0.2, -0.15) is 0 Å². The van der Waals surface area contributed by atoms with Gasteiger partial charge in [0.15, 0.2) is 0 Å². The van der Waals surface area contributed by atoms with Gasteiger partial charge in [0, 0.05) is 12.4 Å². The molecule has 0 aromatic heterocycles. The maximum absolute atomic E-state index is 4.37. The first-order valence-electron chi connectivity index (χ1n) is 3.90. The first-order valence-corrected chi connectivity index (χ1v) is 3.90. The summed E-state index contributed by atoms with van der Waals surface area (Å²) in [6.45, 7) is 6.17. The minimum absolute atomic E-state index is 0.122. The molecule has 1 aliphatic heterocycles. The largest absolute Gasteiger partial charge is 0.286 e. The van der Waals surface area contributed by atoms with Gasteiger partial charge in [0.25, 0.3) is 0 Å². The van der Waals surface area contributed by atoms with E-state index in [9.17, 15) is 0 Å². The van der Waals surface area contributed by atoms with Crippen LogP contribution in [0.4, 0.5) is 0 Å². The molecule has 0 saturated heterocycles. The van der Waals surface area contributed by atoms with E-state index < -0.39 is 0 Å². The van der Waals surface area contributed by atoms with Crippen molar-refractivity contribution in [2.24, 2.45) is 9.98 Å². The third-order valence-electron chi connectivity index (χ3n) is 2.08. The number of nitrogens with zero attached hydrogens (tertiary/aromatic N) is 2. The van der Waals surface area contributed by atoms with Crippen molar-refractivity contribution in [3.05, 3.63) is 12.2 Å². The summed E-state index contributed by atoms with van der Waals surface area (Å²) in [6, 6.07) is 0.253. The van der Waals surface area contributed by atoms with E-state index in [1.54, 1.807) is 12.4 Å². The maximum atomic E-state index is 4.37. The molecule has 0 amide bonds. The van der Waals surface area contributed by atoms with Crippen molar-refractivity contribution < 1.29 is 0 Å². The monoisotopic (exact) mass is 150 g/mol. The molecule has 2 atom stereocenters. The van der Waals surface area contributed by atoms with Gasteiger partial charge in [0.1, 0.15) is 0 Å². The van der Waals surface area contributed by atoms with Crippen LogP contribution in [-0.4, -0.2) is 24.0 Å². The standard InChI is InChI=1S/C9H14N2/c1-4-5-9(3)8(2)10-6-7-11-9/h4-8H,1-3H3. The fourth-order valence-corrected chi connectivity index (χ4v) is 1.14.